The average molecular weight is 520 g/mol. The van der Waals surface area contributed by atoms with Gasteiger partial charge >= 0.3 is 12.4 Å². The molecular weight excluding hydrogens is 502 g/mol. The van der Waals surface area contributed by atoms with E-state index in [4.69, 9.17) is 5.73 Å². The Hall–Kier alpha value is -4.35. The summed E-state index contributed by atoms with van der Waals surface area (Å²) in [5, 5.41) is 2.56. The molecule has 6 nitrogen and oxygen atoms in total. The normalized spacial score (nSPS) is 12.9. The number of fused-ring (bicyclic) bond motifs is 1. The zero-order chi connectivity index (χ0) is 27.1. The summed E-state index contributed by atoms with van der Waals surface area (Å²) in [6.45, 7) is 1.64. The van der Waals surface area contributed by atoms with E-state index in [1.807, 2.05) is 0 Å². The number of nitrogen functional groups attached to an aromatic ring is 1. The highest BCUT2D eigenvalue weighted by Gasteiger charge is 2.36. The van der Waals surface area contributed by atoms with E-state index in [0.29, 0.717) is 28.5 Å². The number of nitrogens with zero attached hydrogens (tertiary/aromatic N) is 2. The number of nitrogens with one attached hydrogen (secondary N) is 1. The average Bonchev–Trinajstić information content (AvgIpc) is 2.82. The molecule has 0 aliphatic carbocycles. The van der Waals surface area contributed by atoms with Crippen LogP contribution in [-0.4, -0.2) is 15.5 Å². The number of amides is 1. The van der Waals surface area contributed by atoms with Gasteiger partial charge in [0.15, 0.2) is 0 Å². The van der Waals surface area contributed by atoms with E-state index in [0.717, 1.165) is 12.1 Å². The highest BCUT2D eigenvalue weighted by atomic mass is 19.4. The number of hydrogen-bond donors (Lipinski definition) is 2. The topological polar surface area (TPSA) is 90.0 Å². The van der Waals surface area contributed by atoms with Crippen LogP contribution in [0.4, 0.5) is 32.2 Å². The Labute approximate surface area is 205 Å². The third kappa shape index (κ3) is 5.27. The lowest BCUT2D eigenvalue weighted by Gasteiger charge is -2.17. The maximum absolute atomic E-state index is 13.7. The van der Waals surface area contributed by atoms with Gasteiger partial charge in [0.2, 0.25) is 0 Å². The van der Waals surface area contributed by atoms with Crippen LogP contribution in [-0.2, 0) is 12.4 Å². The molecule has 12 heteroatoms. The molecule has 3 N–H and O–H groups in total. The fraction of sp³-hybridized carbons (Fsp3) is 0.160. The number of benzene rings is 2. The Balaban J connectivity index is 1.80. The molecule has 4 aromatic rings. The maximum atomic E-state index is 13.7. The monoisotopic (exact) mass is 520 g/mol. The number of aromatic nitrogens is 2. The minimum atomic E-state index is -5.05. The molecule has 192 valence electrons. The molecule has 0 aliphatic heterocycles. The van der Waals surface area contributed by atoms with E-state index >= 15 is 0 Å². The summed E-state index contributed by atoms with van der Waals surface area (Å²) >= 11 is 0. The second kappa shape index (κ2) is 9.26. The number of anilines is 1. The van der Waals surface area contributed by atoms with Crippen molar-refractivity contribution >= 4 is 22.6 Å². The van der Waals surface area contributed by atoms with Crippen LogP contribution < -0.4 is 16.6 Å². The number of hydrogen-bond acceptors (Lipinski definition) is 4. The Morgan fingerprint density at radius 1 is 0.946 bits per heavy atom. The van der Waals surface area contributed by atoms with Crippen LogP contribution in [0.3, 0.4) is 0 Å². The van der Waals surface area contributed by atoms with Crippen molar-refractivity contribution in [3.8, 4) is 5.69 Å². The summed E-state index contributed by atoms with van der Waals surface area (Å²) in [6, 6.07) is 11.7. The first-order valence-electron chi connectivity index (χ1n) is 10.7. The largest absolute Gasteiger partial charge is 0.421 e. The Bertz CT molecular complexity index is 1540. The van der Waals surface area contributed by atoms with Crippen molar-refractivity contribution in [1.29, 1.82) is 0 Å². The molecule has 2 aromatic heterocycles. The van der Waals surface area contributed by atoms with Crippen molar-refractivity contribution in [1.82, 2.24) is 14.9 Å². The fourth-order valence-electron chi connectivity index (χ4n) is 3.78. The van der Waals surface area contributed by atoms with Gasteiger partial charge in [-0.15, -0.1) is 0 Å². The van der Waals surface area contributed by atoms with Crippen molar-refractivity contribution in [3.63, 3.8) is 0 Å². The van der Waals surface area contributed by atoms with Crippen LogP contribution in [0.25, 0.3) is 16.6 Å². The van der Waals surface area contributed by atoms with Crippen molar-refractivity contribution in [2.24, 2.45) is 0 Å². The van der Waals surface area contributed by atoms with E-state index in [2.05, 4.69) is 10.3 Å². The third-order valence-corrected chi connectivity index (χ3v) is 5.61. The van der Waals surface area contributed by atoms with Gasteiger partial charge in [-0.3, -0.25) is 14.2 Å². The van der Waals surface area contributed by atoms with E-state index in [1.165, 1.54) is 18.2 Å². The molecule has 4 rings (SSSR count). The zero-order valence-electron chi connectivity index (χ0n) is 19.0. The Morgan fingerprint density at radius 3 is 2.22 bits per heavy atom. The summed E-state index contributed by atoms with van der Waals surface area (Å²) in [4.78, 5) is 29.7. The Morgan fingerprint density at radius 2 is 1.62 bits per heavy atom. The van der Waals surface area contributed by atoms with Crippen LogP contribution in [0.15, 0.2) is 71.5 Å². The molecule has 1 amide bonds. The number of halogens is 6. The Kier molecular flexibility index (Phi) is 6.44. The molecule has 0 bridgehead atoms. The third-order valence-electron chi connectivity index (χ3n) is 5.61. The van der Waals surface area contributed by atoms with E-state index in [1.54, 1.807) is 25.1 Å². The van der Waals surface area contributed by atoms with E-state index in [9.17, 15) is 35.9 Å². The second-order valence-electron chi connectivity index (χ2n) is 8.20. The summed E-state index contributed by atoms with van der Waals surface area (Å²) in [5.74, 6) is -0.385. The highest BCUT2D eigenvalue weighted by molar-refractivity contribution is 5.98. The van der Waals surface area contributed by atoms with Gasteiger partial charge in [0.1, 0.15) is 11.4 Å². The molecular formula is C25H18F6N4O2. The second-order valence-corrected chi connectivity index (χ2v) is 8.20. The van der Waals surface area contributed by atoms with Crippen LogP contribution in [0.2, 0.25) is 0 Å². The first-order valence-corrected chi connectivity index (χ1v) is 10.7. The highest BCUT2D eigenvalue weighted by Crippen LogP contribution is 2.32. The minimum Gasteiger partial charge on any atom is -0.384 e. The summed E-state index contributed by atoms with van der Waals surface area (Å²) in [7, 11) is 0. The lowest BCUT2D eigenvalue weighted by atomic mass is 10.1. The molecule has 0 unspecified atom stereocenters. The predicted molar refractivity (Wildman–Crippen MR) is 124 cm³/mol. The lowest BCUT2D eigenvalue weighted by molar-refractivity contribution is -0.139. The molecule has 1 atom stereocenters. The number of carbonyl (C=O) groups is 1. The molecule has 0 spiro atoms. The van der Waals surface area contributed by atoms with Crippen molar-refractivity contribution in [2.45, 2.75) is 25.3 Å². The molecule has 2 aromatic carbocycles. The minimum absolute atomic E-state index is 0.00556. The van der Waals surface area contributed by atoms with Gasteiger partial charge in [0.25, 0.3) is 11.5 Å². The number of carbonyl (C=O) groups excluding carboxylic acids is 1. The molecule has 0 radical (unpaired) electrons. The van der Waals surface area contributed by atoms with Crippen LogP contribution >= 0.6 is 0 Å². The van der Waals surface area contributed by atoms with Gasteiger partial charge in [-0.2, -0.15) is 26.3 Å². The van der Waals surface area contributed by atoms with Crippen LogP contribution in [0.1, 0.15) is 40.1 Å². The van der Waals surface area contributed by atoms with Gasteiger partial charge in [0, 0.05) is 16.6 Å². The summed E-state index contributed by atoms with van der Waals surface area (Å²) < 4.78 is 80.6. The number of nitrogens with two attached hydrogens (primary N) is 1. The van der Waals surface area contributed by atoms with Crippen molar-refractivity contribution in [3.05, 3.63) is 99.5 Å². The summed E-state index contributed by atoms with van der Waals surface area (Å²) in [5.41, 5.74) is 1.87. The number of rotatable bonds is 4. The SMILES string of the molecule is C[C@H](NC(=O)c1ccc2c(c1)cc(C(F)(F)F)c(=O)n2-c1ccc(C(F)(F)F)cc1)c1cccc(N)n1. The number of pyridine rings is 2. The predicted octanol–water partition coefficient (Wildman–Crippen LogP) is 5.50. The first-order chi connectivity index (χ1) is 17.3. The summed E-state index contributed by atoms with van der Waals surface area (Å²) in [6.07, 6.45) is -9.72. The van der Waals surface area contributed by atoms with Crippen molar-refractivity contribution in [2.75, 3.05) is 5.73 Å². The number of alkyl halides is 6. The van der Waals surface area contributed by atoms with Gasteiger partial charge in [-0.05, 0) is 67.6 Å². The van der Waals surface area contributed by atoms with Gasteiger partial charge < -0.3 is 11.1 Å². The molecule has 37 heavy (non-hydrogen) atoms. The standard InChI is InChI=1S/C25H18F6N4O2/c1-13(19-3-2-4-21(32)34-19)33-22(36)14-5-10-20-15(11-14)12-18(25(29,30)31)23(37)35(20)17-8-6-16(7-9-17)24(26,27)28/h2-13H,1H3,(H2,32,34)(H,33,36)/t13-/m0/s1. The smallest absolute Gasteiger partial charge is 0.384 e. The molecule has 0 saturated carbocycles. The molecule has 0 saturated heterocycles. The molecule has 0 aliphatic rings. The first kappa shape index (κ1) is 25.7. The van der Waals surface area contributed by atoms with Crippen molar-refractivity contribution < 1.29 is 31.1 Å². The van der Waals surface area contributed by atoms with E-state index in [-0.39, 0.29) is 28.0 Å². The van der Waals surface area contributed by atoms with Crippen LogP contribution in [0, 0.1) is 0 Å². The molecule has 2 heterocycles. The van der Waals surface area contributed by atoms with Gasteiger partial charge in [0.05, 0.1) is 22.8 Å². The van der Waals surface area contributed by atoms with Gasteiger partial charge in [-0.25, -0.2) is 4.98 Å². The zero-order valence-corrected chi connectivity index (χ0v) is 19.0. The van der Waals surface area contributed by atoms with Gasteiger partial charge in [-0.1, -0.05) is 6.07 Å². The molecule has 0 fully saturated rings. The quantitative estimate of drug-likeness (QED) is 0.348. The van der Waals surface area contributed by atoms with E-state index < -0.39 is 41.0 Å². The maximum Gasteiger partial charge on any atom is 0.421 e. The lowest BCUT2D eigenvalue weighted by Crippen LogP contribution is -2.29. The van der Waals surface area contributed by atoms with Crippen LogP contribution in [0.5, 0.6) is 0 Å². The fourth-order valence-corrected chi connectivity index (χ4v) is 3.78.